The summed E-state index contributed by atoms with van der Waals surface area (Å²) in [4.78, 5) is 0. The van der Waals surface area contributed by atoms with E-state index in [9.17, 15) is 16.8 Å². The van der Waals surface area contributed by atoms with Crippen molar-refractivity contribution in [2.45, 2.75) is 12.8 Å². The lowest BCUT2D eigenvalue weighted by molar-refractivity contribution is 0.605. The topological polar surface area (TPSA) is 92.3 Å². The Labute approximate surface area is 212 Å². The molecule has 0 aliphatic rings. The van der Waals surface area contributed by atoms with Gasteiger partial charge in [0.05, 0.1) is 23.9 Å². The van der Waals surface area contributed by atoms with Crippen molar-refractivity contribution >= 4 is 53.0 Å². The fourth-order valence-corrected chi connectivity index (χ4v) is 5.78. The Morgan fingerprint density at radius 3 is 1.36 bits per heavy atom. The number of hydrogen-bond donors (Lipinski definition) is 2. The number of hydrogen-bond acceptors (Lipinski definition) is 4. The molecule has 0 heterocycles. The standard InChI is InChI=1S/C28H28N2O4S2/c1-5-11-21-17-19-13-7-9-15-23(19)25(27(21)29-35(3,31)32)26-24-16-10-8-14-20(24)18-22(12-6-2)28(26)30-36(4,33)34/h5-10,13-18,29-30H,1-2,11-12H2,3-4H3. The van der Waals surface area contributed by atoms with Gasteiger partial charge in [0.2, 0.25) is 20.0 Å². The average molecular weight is 521 g/mol. The average Bonchev–Trinajstić information content (AvgIpc) is 2.79. The molecule has 8 heteroatoms. The lowest BCUT2D eigenvalue weighted by Gasteiger charge is -2.24. The van der Waals surface area contributed by atoms with Crippen LogP contribution in [0.3, 0.4) is 0 Å². The van der Waals surface area contributed by atoms with E-state index in [0.29, 0.717) is 35.3 Å². The van der Waals surface area contributed by atoms with Gasteiger partial charge in [0.25, 0.3) is 0 Å². The summed E-state index contributed by atoms with van der Waals surface area (Å²) in [5, 5.41) is 3.36. The van der Waals surface area contributed by atoms with Crippen molar-refractivity contribution in [2.75, 3.05) is 22.0 Å². The summed E-state index contributed by atoms with van der Waals surface area (Å²) in [5.41, 5.74) is 3.45. The Morgan fingerprint density at radius 1 is 0.667 bits per heavy atom. The molecule has 0 aliphatic heterocycles. The van der Waals surface area contributed by atoms with Gasteiger partial charge in [-0.25, -0.2) is 16.8 Å². The molecule has 0 aliphatic carbocycles. The smallest absolute Gasteiger partial charge is 0.229 e. The van der Waals surface area contributed by atoms with Crippen LogP contribution in [0.15, 0.2) is 86.0 Å². The van der Waals surface area contributed by atoms with Gasteiger partial charge in [0.15, 0.2) is 0 Å². The number of anilines is 2. The van der Waals surface area contributed by atoms with Gasteiger partial charge in [0.1, 0.15) is 0 Å². The van der Waals surface area contributed by atoms with Gasteiger partial charge in [-0.3, -0.25) is 9.44 Å². The van der Waals surface area contributed by atoms with Crippen molar-refractivity contribution in [3.05, 3.63) is 97.1 Å². The van der Waals surface area contributed by atoms with Crippen LogP contribution < -0.4 is 9.44 Å². The van der Waals surface area contributed by atoms with E-state index in [-0.39, 0.29) is 0 Å². The third-order valence-electron chi connectivity index (χ3n) is 5.82. The first-order chi connectivity index (χ1) is 17.0. The van der Waals surface area contributed by atoms with Crippen LogP contribution in [-0.4, -0.2) is 29.3 Å². The summed E-state index contributed by atoms with van der Waals surface area (Å²) in [6, 6.07) is 19.2. The molecule has 4 rings (SSSR count). The number of rotatable bonds is 9. The largest absolute Gasteiger partial charge is 0.283 e. The van der Waals surface area contributed by atoms with Gasteiger partial charge >= 0.3 is 0 Å². The lowest BCUT2D eigenvalue weighted by atomic mass is 9.87. The highest BCUT2D eigenvalue weighted by atomic mass is 32.2. The van der Waals surface area contributed by atoms with Crippen LogP contribution in [0.5, 0.6) is 0 Å². The van der Waals surface area contributed by atoms with E-state index in [4.69, 9.17) is 0 Å². The number of sulfonamides is 2. The first kappa shape index (κ1) is 25.5. The summed E-state index contributed by atoms with van der Waals surface area (Å²) in [6.07, 6.45) is 6.45. The molecule has 0 saturated carbocycles. The Balaban J connectivity index is 2.32. The third-order valence-corrected chi connectivity index (χ3v) is 6.97. The summed E-state index contributed by atoms with van der Waals surface area (Å²) >= 11 is 0. The number of fused-ring (bicyclic) bond motifs is 2. The van der Waals surface area contributed by atoms with Gasteiger partial charge in [-0.15, -0.1) is 13.2 Å². The van der Waals surface area contributed by atoms with Crippen LogP contribution in [0.1, 0.15) is 11.1 Å². The molecule has 0 saturated heterocycles. The quantitative estimate of drug-likeness (QED) is 0.270. The minimum Gasteiger partial charge on any atom is -0.283 e. The van der Waals surface area contributed by atoms with Gasteiger partial charge in [-0.05, 0) is 57.6 Å². The summed E-state index contributed by atoms with van der Waals surface area (Å²) < 4.78 is 55.7. The summed E-state index contributed by atoms with van der Waals surface area (Å²) in [7, 11) is -7.36. The van der Waals surface area contributed by atoms with E-state index in [1.54, 1.807) is 12.2 Å². The predicted octanol–water partition coefficient (Wildman–Crippen LogP) is 5.86. The maximum absolute atomic E-state index is 12.6. The summed E-state index contributed by atoms with van der Waals surface area (Å²) in [6.45, 7) is 7.70. The lowest BCUT2D eigenvalue weighted by Crippen LogP contribution is -2.15. The fraction of sp³-hybridized carbons (Fsp3) is 0.143. The highest BCUT2D eigenvalue weighted by Crippen LogP contribution is 2.47. The normalized spacial score (nSPS) is 11.9. The van der Waals surface area contributed by atoms with Crippen LogP contribution in [-0.2, 0) is 32.9 Å². The van der Waals surface area contributed by atoms with Crippen LogP contribution in [0.2, 0.25) is 0 Å². The zero-order valence-electron chi connectivity index (χ0n) is 20.2. The van der Waals surface area contributed by atoms with E-state index in [1.807, 2.05) is 60.7 Å². The van der Waals surface area contributed by atoms with Gasteiger partial charge < -0.3 is 0 Å². The second-order valence-corrected chi connectivity index (χ2v) is 12.2. The van der Waals surface area contributed by atoms with Crippen molar-refractivity contribution < 1.29 is 16.8 Å². The van der Waals surface area contributed by atoms with Crippen molar-refractivity contribution in [2.24, 2.45) is 0 Å². The van der Waals surface area contributed by atoms with Crippen LogP contribution >= 0.6 is 0 Å². The molecular weight excluding hydrogens is 492 g/mol. The van der Waals surface area contributed by atoms with Crippen molar-refractivity contribution in [3.63, 3.8) is 0 Å². The third kappa shape index (κ3) is 5.29. The second kappa shape index (κ2) is 9.79. The van der Waals surface area contributed by atoms with Gasteiger partial charge in [0, 0.05) is 11.1 Å². The zero-order valence-corrected chi connectivity index (χ0v) is 21.8. The van der Waals surface area contributed by atoms with Crippen LogP contribution in [0.25, 0.3) is 32.7 Å². The minimum absolute atomic E-state index is 0.397. The summed E-state index contributed by atoms with van der Waals surface area (Å²) in [5.74, 6) is 0. The highest BCUT2D eigenvalue weighted by molar-refractivity contribution is 7.92. The van der Waals surface area contributed by atoms with E-state index < -0.39 is 20.0 Å². The fourth-order valence-electron chi connectivity index (χ4n) is 4.57. The second-order valence-electron chi connectivity index (χ2n) is 8.75. The molecule has 4 aromatic rings. The minimum atomic E-state index is -3.68. The SMILES string of the molecule is C=CCc1cc2ccccc2c(-c2c(NS(C)(=O)=O)c(CC=C)cc3ccccc23)c1NS(C)(=O)=O. The number of allylic oxidation sites excluding steroid dienone is 2. The molecule has 0 unspecified atom stereocenters. The van der Waals surface area contributed by atoms with Crippen molar-refractivity contribution in [1.82, 2.24) is 0 Å². The molecule has 0 fully saturated rings. The Morgan fingerprint density at radius 2 is 1.03 bits per heavy atom. The number of nitrogens with one attached hydrogen (secondary N) is 2. The first-order valence-electron chi connectivity index (χ1n) is 11.3. The molecule has 0 spiro atoms. The van der Waals surface area contributed by atoms with Crippen molar-refractivity contribution in [1.29, 1.82) is 0 Å². The monoisotopic (exact) mass is 520 g/mol. The zero-order chi connectivity index (χ0) is 26.1. The Kier molecular flexibility index (Phi) is 6.93. The molecule has 36 heavy (non-hydrogen) atoms. The van der Waals surface area contributed by atoms with Crippen LogP contribution in [0.4, 0.5) is 11.4 Å². The van der Waals surface area contributed by atoms with Gasteiger partial charge in [-0.1, -0.05) is 60.7 Å². The van der Waals surface area contributed by atoms with E-state index in [1.165, 1.54) is 0 Å². The van der Waals surface area contributed by atoms with Crippen LogP contribution in [0, 0.1) is 0 Å². The van der Waals surface area contributed by atoms with Gasteiger partial charge in [-0.2, -0.15) is 0 Å². The van der Waals surface area contributed by atoms with Crippen molar-refractivity contribution in [3.8, 4) is 11.1 Å². The maximum atomic E-state index is 12.6. The Bertz CT molecular complexity index is 1590. The molecule has 186 valence electrons. The Hall–Kier alpha value is -3.62. The van der Waals surface area contributed by atoms with E-state index in [2.05, 4.69) is 22.6 Å². The molecule has 4 aromatic carbocycles. The molecule has 0 bridgehead atoms. The highest BCUT2D eigenvalue weighted by Gasteiger charge is 2.24. The van der Waals surface area contributed by atoms with E-state index >= 15 is 0 Å². The van der Waals surface area contributed by atoms with E-state index in [0.717, 1.165) is 45.2 Å². The molecule has 0 radical (unpaired) electrons. The number of benzene rings is 4. The first-order valence-corrected chi connectivity index (χ1v) is 15.1. The molecule has 2 N–H and O–H groups in total. The molecular formula is C28H28N2O4S2. The predicted molar refractivity (Wildman–Crippen MR) is 152 cm³/mol. The maximum Gasteiger partial charge on any atom is 0.229 e. The molecule has 0 atom stereocenters. The molecule has 0 aromatic heterocycles. The molecule has 0 amide bonds. The molecule has 6 nitrogen and oxygen atoms in total.